The van der Waals surface area contributed by atoms with Crippen LogP contribution in [0.15, 0.2) is 59.4 Å². The summed E-state index contributed by atoms with van der Waals surface area (Å²) in [6.07, 6.45) is 4.53. The van der Waals surface area contributed by atoms with Gasteiger partial charge >= 0.3 is 0 Å². The summed E-state index contributed by atoms with van der Waals surface area (Å²) in [6.45, 7) is 2.92. The summed E-state index contributed by atoms with van der Waals surface area (Å²) in [5, 5.41) is 1.49. The highest BCUT2D eigenvalue weighted by molar-refractivity contribution is 6.38. The lowest BCUT2D eigenvalue weighted by Crippen LogP contribution is -2.23. The Bertz CT molecular complexity index is 883. The van der Waals surface area contributed by atoms with Gasteiger partial charge in [0.25, 0.3) is 5.56 Å². The fraction of sp³-hybridized carbons (Fsp3) is 0.286. The number of aryl methyl sites for hydroxylation is 1. The molecule has 2 aromatic carbocycles. The number of pyridine rings is 1. The third-order valence-electron chi connectivity index (χ3n) is 4.41. The quantitative estimate of drug-likeness (QED) is 0.512. The summed E-state index contributed by atoms with van der Waals surface area (Å²) in [5.74, 6) is 0. The minimum atomic E-state index is 0.00129. The molecule has 3 aromatic rings. The molecule has 0 radical (unpaired) electrons. The van der Waals surface area contributed by atoms with Crippen LogP contribution in [-0.4, -0.2) is 4.57 Å². The number of nitrogens with zero attached hydrogens (tertiary/aromatic N) is 1. The third kappa shape index (κ3) is 3.25. The summed E-state index contributed by atoms with van der Waals surface area (Å²) in [4.78, 5) is 13.1. The van der Waals surface area contributed by atoms with Gasteiger partial charge in [-0.1, -0.05) is 86.3 Å². The minimum absolute atomic E-state index is 0.00129. The predicted octanol–water partition coefficient (Wildman–Crippen LogP) is 5.90. The fourth-order valence-corrected chi connectivity index (χ4v) is 3.49. The van der Waals surface area contributed by atoms with E-state index < -0.39 is 0 Å². The largest absolute Gasteiger partial charge is 0.308 e. The Balaban J connectivity index is 2.17. The number of unbranched alkanes of at least 4 members (excludes halogenated alkanes) is 3. The Morgan fingerprint density at radius 1 is 0.917 bits per heavy atom. The lowest BCUT2D eigenvalue weighted by molar-refractivity contribution is 0.583. The molecule has 0 aliphatic rings. The number of aromatic nitrogens is 1. The maximum atomic E-state index is 13.1. The monoisotopic (exact) mass is 339 g/mol. The second-order valence-electron chi connectivity index (χ2n) is 6.09. The molecule has 124 valence electrons. The van der Waals surface area contributed by atoms with Gasteiger partial charge in [0.2, 0.25) is 0 Å². The molecule has 0 amide bonds. The molecule has 1 aromatic heterocycles. The average molecular weight is 340 g/mol. The van der Waals surface area contributed by atoms with Crippen LogP contribution in [-0.2, 0) is 6.54 Å². The zero-order chi connectivity index (χ0) is 16.9. The third-order valence-corrected chi connectivity index (χ3v) is 4.80. The lowest BCUT2D eigenvalue weighted by atomic mass is 10.0. The number of fused-ring (bicyclic) bond motifs is 1. The van der Waals surface area contributed by atoms with E-state index in [1.54, 1.807) is 0 Å². The van der Waals surface area contributed by atoms with E-state index in [2.05, 4.69) is 6.92 Å². The number of rotatable bonds is 6. The van der Waals surface area contributed by atoms with E-state index >= 15 is 0 Å². The molecule has 3 rings (SSSR count). The van der Waals surface area contributed by atoms with Gasteiger partial charge < -0.3 is 4.57 Å². The Morgan fingerprint density at radius 2 is 1.62 bits per heavy atom. The highest BCUT2D eigenvalue weighted by Gasteiger charge is 2.16. The van der Waals surface area contributed by atoms with Gasteiger partial charge in [-0.2, -0.15) is 0 Å². The maximum Gasteiger partial charge on any atom is 0.260 e. The van der Waals surface area contributed by atoms with Crippen LogP contribution in [0.4, 0.5) is 0 Å². The van der Waals surface area contributed by atoms with Crippen molar-refractivity contribution in [1.82, 2.24) is 4.57 Å². The SMILES string of the molecule is CCCCCCn1c(=O)c(-c2ccccc2)c(Cl)c2ccccc21. The number of para-hydroxylation sites is 1. The second-order valence-corrected chi connectivity index (χ2v) is 6.47. The minimum Gasteiger partial charge on any atom is -0.308 e. The topological polar surface area (TPSA) is 22.0 Å². The van der Waals surface area contributed by atoms with Crippen LogP contribution in [0, 0.1) is 0 Å². The standard InChI is InChI=1S/C21H22ClNO/c1-2-3-4-10-15-23-18-14-9-8-13-17(18)20(22)19(21(23)24)16-11-6-5-7-12-16/h5-9,11-14H,2-4,10,15H2,1H3. The van der Waals surface area contributed by atoms with Crippen LogP contribution in [0.5, 0.6) is 0 Å². The Hall–Kier alpha value is -2.06. The molecule has 2 nitrogen and oxygen atoms in total. The van der Waals surface area contributed by atoms with E-state index in [-0.39, 0.29) is 5.56 Å². The van der Waals surface area contributed by atoms with Crippen molar-refractivity contribution in [3.63, 3.8) is 0 Å². The van der Waals surface area contributed by atoms with Gasteiger partial charge in [0, 0.05) is 11.9 Å². The summed E-state index contributed by atoms with van der Waals surface area (Å²) in [6, 6.07) is 17.6. The van der Waals surface area contributed by atoms with Gasteiger partial charge in [0.05, 0.1) is 16.1 Å². The van der Waals surface area contributed by atoms with Crippen LogP contribution in [0.25, 0.3) is 22.0 Å². The number of benzene rings is 2. The summed E-state index contributed by atoms with van der Waals surface area (Å²) in [7, 11) is 0. The van der Waals surface area contributed by atoms with E-state index in [1.165, 1.54) is 12.8 Å². The first-order valence-corrected chi connectivity index (χ1v) is 8.98. The Morgan fingerprint density at radius 3 is 2.38 bits per heavy atom. The van der Waals surface area contributed by atoms with E-state index in [0.29, 0.717) is 10.6 Å². The first-order chi connectivity index (χ1) is 11.7. The molecule has 0 aliphatic heterocycles. The molecule has 0 unspecified atom stereocenters. The van der Waals surface area contributed by atoms with Gasteiger partial charge in [-0.05, 0) is 18.1 Å². The fourth-order valence-electron chi connectivity index (χ4n) is 3.14. The van der Waals surface area contributed by atoms with Crippen LogP contribution >= 0.6 is 11.6 Å². The zero-order valence-corrected chi connectivity index (χ0v) is 14.7. The smallest absolute Gasteiger partial charge is 0.260 e. The molecule has 0 bridgehead atoms. The Labute approximate surface area is 147 Å². The van der Waals surface area contributed by atoms with E-state index in [4.69, 9.17) is 11.6 Å². The van der Waals surface area contributed by atoms with Crippen molar-refractivity contribution >= 4 is 22.5 Å². The van der Waals surface area contributed by atoms with E-state index in [0.717, 1.165) is 35.9 Å². The van der Waals surface area contributed by atoms with Crippen molar-refractivity contribution in [3.8, 4) is 11.1 Å². The number of hydrogen-bond donors (Lipinski definition) is 0. The summed E-state index contributed by atoms with van der Waals surface area (Å²) in [5.41, 5.74) is 2.40. The molecule has 0 aliphatic carbocycles. The van der Waals surface area contributed by atoms with Crippen molar-refractivity contribution in [2.45, 2.75) is 39.2 Å². The average Bonchev–Trinajstić information content (AvgIpc) is 2.62. The highest BCUT2D eigenvalue weighted by Crippen LogP contribution is 2.31. The molecule has 0 N–H and O–H groups in total. The van der Waals surface area contributed by atoms with Crippen molar-refractivity contribution < 1.29 is 0 Å². The normalized spacial score (nSPS) is 11.1. The molecule has 24 heavy (non-hydrogen) atoms. The lowest BCUT2D eigenvalue weighted by Gasteiger charge is -2.15. The number of halogens is 1. The molecule has 0 spiro atoms. The van der Waals surface area contributed by atoms with Crippen LogP contribution in [0.1, 0.15) is 32.6 Å². The molecular formula is C21H22ClNO. The molecule has 0 saturated heterocycles. The van der Waals surface area contributed by atoms with Crippen molar-refractivity contribution in [1.29, 1.82) is 0 Å². The van der Waals surface area contributed by atoms with Gasteiger partial charge in [-0.3, -0.25) is 4.79 Å². The summed E-state index contributed by atoms with van der Waals surface area (Å²) < 4.78 is 1.89. The molecule has 3 heteroatoms. The second kappa shape index (κ2) is 7.67. The van der Waals surface area contributed by atoms with Gasteiger partial charge in [-0.25, -0.2) is 0 Å². The van der Waals surface area contributed by atoms with E-state index in [1.807, 2.05) is 59.2 Å². The van der Waals surface area contributed by atoms with Crippen molar-refractivity contribution in [2.24, 2.45) is 0 Å². The molecule has 1 heterocycles. The van der Waals surface area contributed by atoms with Gasteiger partial charge in [0.1, 0.15) is 0 Å². The van der Waals surface area contributed by atoms with Crippen LogP contribution in [0.2, 0.25) is 5.02 Å². The molecular weight excluding hydrogens is 318 g/mol. The molecule has 0 saturated carbocycles. The first kappa shape index (κ1) is 16.8. The van der Waals surface area contributed by atoms with Gasteiger partial charge in [0.15, 0.2) is 0 Å². The van der Waals surface area contributed by atoms with Crippen LogP contribution in [0.3, 0.4) is 0 Å². The van der Waals surface area contributed by atoms with Crippen LogP contribution < -0.4 is 5.56 Å². The summed E-state index contributed by atoms with van der Waals surface area (Å²) >= 11 is 6.62. The molecule has 0 atom stereocenters. The highest BCUT2D eigenvalue weighted by atomic mass is 35.5. The first-order valence-electron chi connectivity index (χ1n) is 8.60. The van der Waals surface area contributed by atoms with Crippen molar-refractivity contribution in [2.75, 3.05) is 0 Å². The zero-order valence-electron chi connectivity index (χ0n) is 14.0. The van der Waals surface area contributed by atoms with E-state index in [9.17, 15) is 4.79 Å². The number of hydrogen-bond acceptors (Lipinski definition) is 1. The molecule has 0 fully saturated rings. The van der Waals surface area contributed by atoms with Gasteiger partial charge in [-0.15, -0.1) is 0 Å². The predicted molar refractivity (Wildman–Crippen MR) is 103 cm³/mol. The Kier molecular flexibility index (Phi) is 5.37. The maximum absolute atomic E-state index is 13.1. The van der Waals surface area contributed by atoms with Crippen molar-refractivity contribution in [3.05, 3.63) is 70.0 Å².